The van der Waals surface area contributed by atoms with Gasteiger partial charge in [-0.1, -0.05) is 6.42 Å². The summed E-state index contributed by atoms with van der Waals surface area (Å²) in [5, 5.41) is 0. The van der Waals surface area contributed by atoms with Crippen LogP contribution in [0.2, 0.25) is 0 Å². The van der Waals surface area contributed by atoms with Crippen LogP contribution in [0.1, 0.15) is 5.76 Å². The van der Waals surface area contributed by atoms with E-state index < -0.39 is 0 Å². The highest BCUT2D eigenvalue weighted by Gasteiger charge is 1.81. The van der Waals surface area contributed by atoms with Crippen molar-refractivity contribution in [3.8, 4) is 0 Å². The van der Waals surface area contributed by atoms with Crippen molar-refractivity contribution in [3.05, 3.63) is 24.2 Å². The van der Waals surface area contributed by atoms with E-state index >= 15 is 0 Å². The molecule has 0 amide bonds. The standard InChI is InChI=1S/C6H5O2/c7-4-3-6-2-1-5-8-6/h1-2,5H,3H2/q-1. The zero-order valence-electron chi connectivity index (χ0n) is 4.26. The van der Waals surface area contributed by atoms with Crippen LogP contribution >= 0.6 is 0 Å². The van der Waals surface area contributed by atoms with Gasteiger partial charge in [-0.15, -0.1) is 0 Å². The molecule has 0 aliphatic heterocycles. The van der Waals surface area contributed by atoms with Gasteiger partial charge in [-0.3, -0.25) is 6.29 Å². The average molecular weight is 109 g/mol. The minimum Gasteiger partial charge on any atom is -0.541 e. The van der Waals surface area contributed by atoms with Crippen LogP contribution in [0.5, 0.6) is 0 Å². The zero-order valence-corrected chi connectivity index (χ0v) is 4.26. The Morgan fingerprint density at radius 3 is 3.12 bits per heavy atom. The predicted molar refractivity (Wildman–Crippen MR) is 28.1 cm³/mol. The second-order valence-electron chi connectivity index (χ2n) is 1.40. The normalized spacial score (nSPS) is 9.00. The van der Waals surface area contributed by atoms with E-state index in [1.807, 2.05) is 0 Å². The predicted octanol–water partition coefficient (Wildman–Crippen LogP) is 0.932. The van der Waals surface area contributed by atoms with E-state index in [1.165, 1.54) is 6.26 Å². The van der Waals surface area contributed by atoms with Crippen molar-refractivity contribution in [1.82, 2.24) is 0 Å². The Morgan fingerprint density at radius 1 is 1.75 bits per heavy atom. The van der Waals surface area contributed by atoms with Gasteiger partial charge >= 0.3 is 0 Å². The molecule has 1 aromatic heterocycles. The molecule has 0 aromatic carbocycles. The van der Waals surface area contributed by atoms with Crippen LogP contribution in [-0.4, -0.2) is 6.29 Å². The van der Waals surface area contributed by atoms with Crippen molar-refractivity contribution in [2.75, 3.05) is 0 Å². The fraction of sp³-hybridized carbons (Fsp3) is 0.167. The third-order valence-corrected chi connectivity index (χ3v) is 0.827. The van der Waals surface area contributed by atoms with Crippen LogP contribution in [0.25, 0.3) is 0 Å². The molecule has 0 spiro atoms. The third kappa shape index (κ3) is 0.964. The maximum absolute atomic E-state index is 9.69. The fourth-order valence-electron chi connectivity index (χ4n) is 0.484. The molecule has 0 atom stereocenters. The van der Waals surface area contributed by atoms with Crippen molar-refractivity contribution in [2.24, 2.45) is 0 Å². The quantitative estimate of drug-likeness (QED) is 0.529. The van der Waals surface area contributed by atoms with Crippen molar-refractivity contribution in [3.63, 3.8) is 0 Å². The summed E-state index contributed by atoms with van der Waals surface area (Å²) < 4.78 is 4.81. The highest BCUT2D eigenvalue weighted by Crippen LogP contribution is 1.97. The number of hydrogen-bond acceptors (Lipinski definition) is 2. The molecule has 0 unspecified atom stereocenters. The minimum absolute atomic E-state index is 0.257. The molecular weight excluding hydrogens is 104 g/mol. The van der Waals surface area contributed by atoms with Gasteiger partial charge in [0.15, 0.2) is 0 Å². The molecule has 2 nitrogen and oxygen atoms in total. The van der Waals surface area contributed by atoms with Crippen LogP contribution in [0.3, 0.4) is 0 Å². The summed E-state index contributed by atoms with van der Waals surface area (Å²) >= 11 is 0. The first-order valence-electron chi connectivity index (χ1n) is 2.31. The molecule has 0 bridgehead atoms. The Kier molecular flexibility index (Phi) is 1.47. The summed E-state index contributed by atoms with van der Waals surface area (Å²) in [6.07, 6.45) is 3.52. The lowest BCUT2D eigenvalue weighted by Crippen LogP contribution is -1.78. The van der Waals surface area contributed by atoms with E-state index in [9.17, 15) is 4.79 Å². The van der Waals surface area contributed by atoms with Crippen molar-refractivity contribution in [1.29, 1.82) is 0 Å². The van der Waals surface area contributed by atoms with E-state index in [0.717, 1.165) is 0 Å². The van der Waals surface area contributed by atoms with E-state index in [4.69, 9.17) is 4.42 Å². The van der Waals surface area contributed by atoms with Gasteiger partial charge in [-0.05, 0) is 12.1 Å². The van der Waals surface area contributed by atoms with Gasteiger partial charge in [-0.25, -0.2) is 0 Å². The second-order valence-corrected chi connectivity index (χ2v) is 1.40. The van der Waals surface area contributed by atoms with Crippen LogP contribution in [0.15, 0.2) is 22.8 Å². The number of carbonyl (C=O) groups excluding carboxylic acids is 1. The summed E-state index contributed by atoms with van der Waals surface area (Å²) in [6, 6.07) is 3.48. The summed E-state index contributed by atoms with van der Waals surface area (Å²) in [5.41, 5.74) is 0. The molecule has 0 aliphatic carbocycles. The summed E-state index contributed by atoms with van der Waals surface area (Å²) in [7, 11) is 0. The fourth-order valence-corrected chi connectivity index (χ4v) is 0.484. The van der Waals surface area contributed by atoms with E-state index in [2.05, 4.69) is 0 Å². The van der Waals surface area contributed by atoms with E-state index in [0.29, 0.717) is 5.76 Å². The lowest BCUT2D eigenvalue weighted by atomic mass is 10.4. The van der Waals surface area contributed by atoms with Gasteiger partial charge in [0.2, 0.25) is 0 Å². The zero-order chi connectivity index (χ0) is 5.82. The first kappa shape index (κ1) is 5.09. The van der Waals surface area contributed by atoms with Gasteiger partial charge in [0, 0.05) is 0 Å². The Morgan fingerprint density at radius 2 is 2.62 bits per heavy atom. The largest absolute Gasteiger partial charge is 0.541 e. The SMILES string of the molecule is O=[C-]Cc1ccco1. The van der Waals surface area contributed by atoms with Gasteiger partial charge in [0.1, 0.15) is 0 Å². The summed E-state index contributed by atoms with van der Waals surface area (Å²) in [4.78, 5) is 9.69. The topological polar surface area (TPSA) is 30.2 Å². The lowest BCUT2D eigenvalue weighted by Gasteiger charge is -1.89. The van der Waals surface area contributed by atoms with Crippen molar-refractivity contribution < 1.29 is 9.21 Å². The van der Waals surface area contributed by atoms with Crippen molar-refractivity contribution in [2.45, 2.75) is 6.42 Å². The first-order chi connectivity index (χ1) is 3.93. The van der Waals surface area contributed by atoms with Crippen LogP contribution < -0.4 is 0 Å². The molecule has 0 N–H and O–H groups in total. The molecule has 0 radical (unpaired) electrons. The lowest BCUT2D eigenvalue weighted by molar-refractivity contribution is 0.511. The molecule has 1 aromatic rings. The van der Waals surface area contributed by atoms with Crippen LogP contribution in [0, 0.1) is 0 Å². The Labute approximate surface area is 47.1 Å². The van der Waals surface area contributed by atoms with Crippen molar-refractivity contribution >= 4 is 6.29 Å². The highest BCUT2D eigenvalue weighted by molar-refractivity contribution is 5.53. The Balaban J connectivity index is 2.62. The molecule has 0 saturated carbocycles. The third-order valence-electron chi connectivity index (χ3n) is 0.827. The van der Waals surface area contributed by atoms with Crippen LogP contribution in [0.4, 0.5) is 0 Å². The smallest absolute Gasteiger partial charge is 0.0905 e. The maximum atomic E-state index is 9.69. The molecule has 2 heteroatoms. The highest BCUT2D eigenvalue weighted by atomic mass is 16.3. The van der Waals surface area contributed by atoms with Gasteiger partial charge in [0.25, 0.3) is 0 Å². The molecule has 1 rings (SSSR count). The summed E-state index contributed by atoms with van der Waals surface area (Å²) in [6.45, 7) is 0. The molecule has 0 fully saturated rings. The van der Waals surface area contributed by atoms with E-state index in [-0.39, 0.29) is 6.42 Å². The molecule has 42 valence electrons. The maximum Gasteiger partial charge on any atom is 0.0905 e. The molecule has 0 aliphatic rings. The van der Waals surface area contributed by atoms with Crippen LogP contribution in [-0.2, 0) is 11.2 Å². The average Bonchev–Trinajstić information content (AvgIpc) is 2.19. The number of furan rings is 1. The number of hydrogen-bond donors (Lipinski definition) is 0. The minimum atomic E-state index is 0.257. The number of rotatable bonds is 2. The van der Waals surface area contributed by atoms with Gasteiger partial charge in [0.05, 0.1) is 12.0 Å². The Hall–Kier alpha value is -1.05. The monoisotopic (exact) mass is 109 g/mol. The molecule has 1 heterocycles. The molecule has 0 saturated heterocycles. The second kappa shape index (κ2) is 2.31. The summed E-state index contributed by atoms with van der Waals surface area (Å²) in [5.74, 6) is 0.667. The molecular formula is C6H5O2-. The Bertz CT molecular complexity index is 153. The molecule has 8 heavy (non-hydrogen) atoms. The van der Waals surface area contributed by atoms with E-state index in [1.54, 1.807) is 18.4 Å². The van der Waals surface area contributed by atoms with Gasteiger partial charge in [-0.2, -0.15) is 0 Å². The first-order valence-corrected chi connectivity index (χ1v) is 2.31. The van der Waals surface area contributed by atoms with Gasteiger partial charge < -0.3 is 9.21 Å².